The highest BCUT2D eigenvalue weighted by Crippen LogP contribution is 2.41. The number of thiophene rings is 1. The summed E-state index contributed by atoms with van der Waals surface area (Å²) in [4.78, 5) is 16.3. The number of carbonyl (C=O) groups excluding carboxylic acids is 1. The second-order valence-electron chi connectivity index (χ2n) is 7.27. The fraction of sp³-hybridized carbons (Fsp3) is 0.208. The van der Waals surface area contributed by atoms with Crippen molar-refractivity contribution in [2.45, 2.75) is 12.5 Å². The van der Waals surface area contributed by atoms with Crippen LogP contribution in [0.25, 0.3) is 10.1 Å². The normalized spacial score (nSPS) is 13.7. The van der Waals surface area contributed by atoms with Crippen LogP contribution < -0.4 is 4.74 Å². The van der Waals surface area contributed by atoms with Gasteiger partial charge >= 0.3 is 0 Å². The Bertz CT molecular complexity index is 1060. The fourth-order valence-corrected chi connectivity index (χ4v) is 4.86. The Hall–Kier alpha value is -2.69. The van der Waals surface area contributed by atoms with Crippen LogP contribution >= 0.6 is 11.3 Å². The molecule has 3 nitrogen and oxygen atoms in total. The molecule has 1 aromatic heterocycles. The molecule has 0 unspecified atom stereocenters. The van der Waals surface area contributed by atoms with E-state index in [1.165, 1.54) is 5.56 Å². The maximum absolute atomic E-state index is 13.4. The van der Waals surface area contributed by atoms with Crippen LogP contribution in [-0.2, 0) is 6.54 Å². The molecule has 0 N–H and O–H groups in total. The fourth-order valence-electron chi connectivity index (χ4n) is 3.61. The Morgan fingerprint density at radius 2 is 1.79 bits per heavy atom. The molecule has 3 aromatic rings. The van der Waals surface area contributed by atoms with Gasteiger partial charge in [-0.3, -0.25) is 4.79 Å². The van der Waals surface area contributed by atoms with Crippen LogP contribution in [-0.4, -0.2) is 31.9 Å². The molecule has 0 radical (unpaired) electrons. The van der Waals surface area contributed by atoms with Gasteiger partial charge in [-0.15, -0.1) is 11.3 Å². The number of nitrogens with zero attached hydrogens (tertiary/aromatic N) is 1. The summed E-state index contributed by atoms with van der Waals surface area (Å²) < 4.78 is 6.46. The van der Waals surface area contributed by atoms with E-state index in [1.807, 2.05) is 62.6 Å². The van der Waals surface area contributed by atoms with Gasteiger partial charge < -0.3 is 9.64 Å². The van der Waals surface area contributed by atoms with E-state index in [0.29, 0.717) is 0 Å². The summed E-state index contributed by atoms with van der Waals surface area (Å²) in [7, 11) is 5.75. The molecule has 1 aliphatic carbocycles. The maximum Gasteiger partial charge on any atom is 0.203 e. The minimum Gasteiger partial charge on any atom is -0.497 e. The maximum atomic E-state index is 13.4. The first-order valence-corrected chi connectivity index (χ1v) is 10.1. The quantitative estimate of drug-likeness (QED) is 0.528. The van der Waals surface area contributed by atoms with Crippen LogP contribution in [0.2, 0.25) is 0 Å². The van der Waals surface area contributed by atoms with E-state index in [-0.39, 0.29) is 11.7 Å². The van der Waals surface area contributed by atoms with Crippen molar-refractivity contribution in [1.29, 1.82) is 0 Å². The Morgan fingerprint density at radius 1 is 1.07 bits per heavy atom. The van der Waals surface area contributed by atoms with E-state index in [1.54, 1.807) is 18.4 Å². The molecule has 0 atom stereocenters. The molecule has 142 valence electrons. The molecule has 28 heavy (non-hydrogen) atoms. The van der Waals surface area contributed by atoms with Gasteiger partial charge in [0.1, 0.15) is 5.75 Å². The lowest BCUT2D eigenvalue weighted by molar-refractivity contribution is 0.104. The van der Waals surface area contributed by atoms with E-state index >= 15 is 0 Å². The summed E-state index contributed by atoms with van der Waals surface area (Å²) in [5.41, 5.74) is 3.02. The Balaban J connectivity index is 1.78. The third-order valence-corrected chi connectivity index (χ3v) is 6.11. The molecule has 4 rings (SSSR count). The molecule has 0 fully saturated rings. The van der Waals surface area contributed by atoms with Gasteiger partial charge in [0, 0.05) is 22.7 Å². The average Bonchev–Trinajstić information content (AvgIpc) is 3.34. The monoisotopic (exact) mass is 389 g/mol. The minimum absolute atomic E-state index is 0.0836. The third-order valence-electron chi connectivity index (χ3n) is 4.94. The van der Waals surface area contributed by atoms with Crippen molar-refractivity contribution in [2.75, 3.05) is 21.2 Å². The first-order valence-electron chi connectivity index (χ1n) is 9.30. The number of fused-ring (bicyclic) bond motifs is 1. The number of ether oxygens (including phenoxy) is 1. The zero-order valence-electron chi connectivity index (χ0n) is 16.3. The smallest absolute Gasteiger partial charge is 0.203 e. The number of ketones is 1. The predicted molar refractivity (Wildman–Crippen MR) is 117 cm³/mol. The lowest BCUT2D eigenvalue weighted by Gasteiger charge is -2.11. The van der Waals surface area contributed by atoms with Gasteiger partial charge in [-0.05, 0) is 48.8 Å². The molecule has 0 saturated heterocycles. The lowest BCUT2D eigenvalue weighted by Crippen LogP contribution is -2.11. The molecular weight excluding hydrogens is 366 g/mol. The number of methoxy groups -OCH3 is 1. The van der Waals surface area contributed by atoms with E-state index in [4.69, 9.17) is 4.74 Å². The first-order chi connectivity index (χ1) is 13.6. The molecule has 0 aliphatic heterocycles. The lowest BCUT2D eigenvalue weighted by atomic mass is 9.94. The van der Waals surface area contributed by atoms with Crippen LogP contribution in [0.15, 0.2) is 66.8 Å². The van der Waals surface area contributed by atoms with E-state index in [0.717, 1.165) is 38.4 Å². The molecule has 2 aromatic carbocycles. The Kier molecular flexibility index (Phi) is 5.16. The SMILES string of the molecule is COc1ccc2c(C3C=CC=C3)c(C(=O)c3ccc(CN(C)C)cc3)sc2c1. The highest BCUT2D eigenvalue weighted by atomic mass is 32.1. The third kappa shape index (κ3) is 3.53. The van der Waals surface area contributed by atoms with E-state index < -0.39 is 0 Å². The summed E-state index contributed by atoms with van der Waals surface area (Å²) in [6.07, 6.45) is 8.37. The van der Waals surface area contributed by atoms with Gasteiger partial charge in [0.05, 0.1) is 12.0 Å². The second kappa shape index (κ2) is 7.74. The summed E-state index contributed by atoms with van der Waals surface area (Å²) in [5.74, 6) is 1.03. The summed E-state index contributed by atoms with van der Waals surface area (Å²) >= 11 is 1.55. The predicted octanol–water partition coefficient (Wildman–Crippen LogP) is 5.41. The summed E-state index contributed by atoms with van der Waals surface area (Å²) in [6, 6.07) is 14.0. The van der Waals surface area contributed by atoms with E-state index in [2.05, 4.69) is 23.1 Å². The van der Waals surface area contributed by atoms with Crippen LogP contribution in [0, 0.1) is 0 Å². The zero-order chi connectivity index (χ0) is 19.7. The van der Waals surface area contributed by atoms with Gasteiger partial charge in [-0.25, -0.2) is 0 Å². The Morgan fingerprint density at radius 3 is 2.43 bits per heavy atom. The molecular formula is C24H23NO2S. The molecule has 1 heterocycles. The molecule has 0 amide bonds. The average molecular weight is 390 g/mol. The van der Waals surface area contributed by atoms with Crippen molar-refractivity contribution in [2.24, 2.45) is 0 Å². The van der Waals surface area contributed by atoms with Gasteiger partial charge in [0.25, 0.3) is 0 Å². The summed E-state index contributed by atoms with van der Waals surface area (Å²) in [6.45, 7) is 0.861. The standard InChI is InChI=1S/C24H23NO2S/c1-25(2)15-16-8-10-18(11-9-16)23(26)24-22(17-6-4-5-7-17)20-13-12-19(27-3)14-21(20)28-24/h4-14,17H,15H2,1-3H3. The van der Waals surface area contributed by atoms with E-state index in [9.17, 15) is 4.79 Å². The molecule has 0 saturated carbocycles. The van der Waals surface area contributed by atoms with Gasteiger partial charge in [0.15, 0.2) is 0 Å². The van der Waals surface area contributed by atoms with Crippen molar-refractivity contribution >= 4 is 27.2 Å². The topological polar surface area (TPSA) is 29.5 Å². The molecule has 0 spiro atoms. The summed E-state index contributed by atoms with van der Waals surface area (Å²) in [5, 5.41) is 1.12. The molecule has 0 bridgehead atoms. The van der Waals surface area contributed by atoms with Gasteiger partial charge in [0.2, 0.25) is 5.78 Å². The van der Waals surface area contributed by atoms with Crippen molar-refractivity contribution in [3.8, 4) is 5.75 Å². The number of carbonyl (C=O) groups is 1. The van der Waals surface area contributed by atoms with Crippen molar-refractivity contribution in [3.63, 3.8) is 0 Å². The number of allylic oxidation sites excluding steroid dienone is 4. The highest BCUT2D eigenvalue weighted by Gasteiger charge is 2.24. The van der Waals surface area contributed by atoms with Gasteiger partial charge in [-0.2, -0.15) is 0 Å². The number of hydrogen-bond acceptors (Lipinski definition) is 4. The second-order valence-corrected chi connectivity index (χ2v) is 8.32. The van der Waals surface area contributed by atoms with Crippen molar-refractivity contribution in [1.82, 2.24) is 4.90 Å². The minimum atomic E-state index is 0.0836. The molecule has 4 heteroatoms. The number of hydrogen-bond donors (Lipinski definition) is 0. The van der Waals surface area contributed by atoms with Crippen molar-refractivity contribution < 1.29 is 9.53 Å². The van der Waals surface area contributed by atoms with Crippen LogP contribution in [0.3, 0.4) is 0 Å². The number of rotatable bonds is 6. The molecule has 1 aliphatic rings. The largest absolute Gasteiger partial charge is 0.497 e. The first kappa shape index (κ1) is 18.7. The zero-order valence-corrected chi connectivity index (χ0v) is 17.1. The van der Waals surface area contributed by atoms with Crippen LogP contribution in [0.4, 0.5) is 0 Å². The van der Waals surface area contributed by atoms with Crippen LogP contribution in [0.1, 0.15) is 32.3 Å². The Labute approximate surface area is 169 Å². The van der Waals surface area contributed by atoms with Gasteiger partial charge in [-0.1, -0.05) is 48.6 Å². The van der Waals surface area contributed by atoms with Crippen LogP contribution in [0.5, 0.6) is 5.75 Å². The van der Waals surface area contributed by atoms with Crippen molar-refractivity contribution in [3.05, 3.63) is 88.3 Å². The highest BCUT2D eigenvalue weighted by molar-refractivity contribution is 7.21. The number of benzene rings is 2.